The Hall–Kier alpha value is -2.74. The van der Waals surface area contributed by atoms with Crippen molar-refractivity contribution >= 4 is 62.3 Å². The molecule has 0 aliphatic rings. The number of fused-ring (bicyclic) bond motifs is 1. The summed E-state index contributed by atoms with van der Waals surface area (Å²) in [4.78, 5) is 19.7. The number of rotatable bonds is 6. The minimum Gasteiger partial charge on any atom is -0.344 e. The highest BCUT2D eigenvalue weighted by atomic mass is 32.2. The first-order valence-electron chi connectivity index (χ1n) is 9.25. The molecule has 4 nitrogen and oxygen atoms in total. The Kier molecular flexibility index (Phi) is 6.13. The molecule has 0 saturated carbocycles. The molecule has 0 N–H and O–H groups in total. The zero-order valence-electron chi connectivity index (χ0n) is 16.5. The van der Waals surface area contributed by atoms with E-state index in [9.17, 15) is 4.79 Å². The van der Waals surface area contributed by atoms with Gasteiger partial charge in [-0.3, -0.25) is 9.36 Å². The predicted octanol–water partition coefficient (Wildman–Crippen LogP) is 5.87. The number of aromatic nitrogens is 2. The number of carbonyl (C=O) groups is 1. The van der Waals surface area contributed by atoms with Gasteiger partial charge in [-0.1, -0.05) is 72.5 Å². The second-order valence-electron chi connectivity index (χ2n) is 6.74. The van der Waals surface area contributed by atoms with Crippen LogP contribution in [0.1, 0.15) is 5.69 Å². The van der Waals surface area contributed by atoms with Crippen LogP contribution in [0.5, 0.6) is 0 Å². The Balaban J connectivity index is 1.91. The summed E-state index contributed by atoms with van der Waals surface area (Å²) in [5.41, 5.74) is 3.85. The summed E-state index contributed by atoms with van der Waals surface area (Å²) < 4.78 is 4.66. The van der Waals surface area contributed by atoms with E-state index in [1.54, 1.807) is 30.3 Å². The molecule has 0 unspecified atom stereocenters. The van der Waals surface area contributed by atoms with Crippen molar-refractivity contribution in [2.24, 2.45) is 0 Å². The highest BCUT2D eigenvalue weighted by Gasteiger charge is 2.18. The van der Waals surface area contributed by atoms with Crippen LogP contribution < -0.4 is 0 Å². The minimum atomic E-state index is -0.0804. The number of thioether (sulfide) groups is 1. The first-order valence-corrected chi connectivity index (χ1v) is 11.4. The van der Waals surface area contributed by atoms with E-state index in [0.29, 0.717) is 4.91 Å². The van der Waals surface area contributed by atoms with Crippen LogP contribution in [0.3, 0.4) is 0 Å². The molecule has 2 aromatic carbocycles. The molecule has 2 aromatic heterocycles. The van der Waals surface area contributed by atoms with Crippen molar-refractivity contribution in [2.75, 3.05) is 14.1 Å². The van der Waals surface area contributed by atoms with Gasteiger partial charge in [-0.25, -0.2) is 4.98 Å². The molecule has 7 heteroatoms. The Labute approximate surface area is 188 Å². The van der Waals surface area contributed by atoms with Gasteiger partial charge >= 0.3 is 0 Å². The number of amides is 1. The monoisotopic (exact) mass is 449 g/mol. The average Bonchev–Trinajstić information content (AvgIpc) is 3.31. The normalized spacial score (nSPS) is 11.6. The third-order valence-corrected chi connectivity index (χ3v) is 6.46. The van der Waals surface area contributed by atoms with E-state index in [1.165, 1.54) is 16.5 Å². The molecular weight excluding hydrogens is 430 g/mol. The van der Waals surface area contributed by atoms with Crippen LogP contribution in [0.2, 0.25) is 0 Å². The number of thiocarbonyl (C=S) groups is 1. The van der Waals surface area contributed by atoms with Crippen LogP contribution in [-0.2, 0) is 4.79 Å². The summed E-state index contributed by atoms with van der Waals surface area (Å²) in [7, 11) is 3.48. The van der Waals surface area contributed by atoms with E-state index in [0.717, 1.165) is 32.3 Å². The SMILES string of the molecule is CN(C)C(=O)/C(=C\c1cc2sc(-c3ccccc3)nc2n1-c1ccccc1)SC=S. The topological polar surface area (TPSA) is 38.1 Å². The Morgan fingerprint density at radius 2 is 1.77 bits per heavy atom. The van der Waals surface area contributed by atoms with E-state index in [-0.39, 0.29) is 5.91 Å². The zero-order chi connectivity index (χ0) is 21.1. The third kappa shape index (κ3) is 4.09. The maximum Gasteiger partial charge on any atom is 0.260 e. The molecule has 0 saturated heterocycles. The standard InChI is InChI=1S/C23H19N3OS3/c1-25(2)23(27)20(29-15-28)14-18-13-19-21(26(18)17-11-7-4-8-12-17)24-22(30-19)16-9-5-3-6-10-16/h3-15H,1-2H3/b20-14+. The number of para-hydroxylation sites is 1. The van der Waals surface area contributed by atoms with Crippen LogP contribution in [-0.4, -0.2) is 39.2 Å². The largest absolute Gasteiger partial charge is 0.344 e. The Bertz CT molecular complexity index is 1220. The van der Waals surface area contributed by atoms with Gasteiger partial charge in [0.15, 0.2) is 5.65 Å². The summed E-state index contributed by atoms with van der Waals surface area (Å²) in [5, 5.41) is 0.971. The Morgan fingerprint density at radius 3 is 2.40 bits per heavy atom. The molecule has 0 atom stereocenters. The van der Waals surface area contributed by atoms with Crippen LogP contribution in [0, 0.1) is 0 Å². The first-order chi connectivity index (χ1) is 14.6. The lowest BCUT2D eigenvalue weighted by atomic mass is 10.2. The van der Waals surface area contributed by atoms with Gasteiger partial charge < -0.3 is 4.90 Å². The second-order valence-corrected chi connectivity index (χ2v) is 9.21. The van der Waals surface area contributed by atoms with Gasteiger partial charge in [-0.2, -0.15) is 0 Å². The molecule has 0 spiro atoms. The van der Waals surface area contributed by atoms with Gasteiger partial charge in [0.25, 0.3) is 5.91 Å². The highest BCUT2D eigenvalue weighted by Crippen LogP contribution is 2.35. The fourth-order valence-electron chi connectivity index (χ4n) is 3.11. The lowest BCUT2D eigenvalue weighted by Crippen LogP contribution is -2.22. The summed E-state index contributed by atoms with van der Waals surface area (Å²) >= 11 is 7.90. The van der Waals surface area contributed by atoms with Crippen molar-refractivity contribution in [3.05, 3.63) is 77.3 Å². The van der Waals surface area contributed by atoms with Crippen LogP contribution in [0.25, 0.3) is 32.7 Å². The molecule has 0 aliphatic heterocycles. The van der Waals surface area contributed by atoms with Crippen molar-refractivity contribution in [1.29, 1.82) is 0 Å². The number of likely N-dealkylation sites (N-methyl/N-ethyl adjacent to an activating group) is 1. The van der Waals surface area contributed by atoms with E-state index in [4.69, 9.17) is 17.2 Å². The maximum absolute atomic E-state index is 12.6. The van der Waals surface area contributed by atoms with Gasteiger partial charge in [-0.15, -0.1) is 11.3 Å². The smallest absolute Gasteiger partial charge is 0.260 e. The Morgan fingerprint density at radius 1 is 1.10 bits per heavy atom. The molecule has 0 radical (unpaired) electrons. The average molecular weight is 450 g/mol. The number of thiazole rings is 1. The van der Waals surface area contributed by atoms with Crippen LogP contribution in [0.15, 0.2) is 71.6 Å². The van der Waals surface area contributed by atoms with Crippen molar-refractivity contribution < 1.29 is 4.79 Å². The third-order valence-electron chi connectivity index (χ3n) is 4.49. The molecule has 4 aromatic rings. The van der Waals surface area contributed by atoms with Crippen LogP contribution >= 0.6 is 35.3 Å². The molecule has 150 valence electrons. The lowest BCUT2D eigenvalue weighted by molar-refractivity contribution is -0.123. The molecular formula is C23H19N3OS3. The molecule has 0 bridgehead atoms. The number of carbonyl (C=O) groups excluding carboxylic acids is 1. The van der Waals surface area contributed by atoms with Crippen molar-refractivity contribution in [3.8, 4) is 16.3 Å². The summed E-state index contributed by atoms with van der Waals surface area (Å²) in [5.74, 6) is -0.0804. The van der Waals surface area contributed by atoms with E-state index >= 15 is 0 Å². The minimum absolute atomic E-state index is 0.0804. The number of nitrogens with zero attached hydrogens (tertiary/aromatic N) is 3. The molecule has 30 heavy (non-hydrogen) atoms. The summed E-state index contributed by atoms with van der Waals surface area (Å²) in [6, 6.07) is 22.3. The number of hydrogen-bond donors (Lipinski definition) is 0. The molecule has 0 fully saturated rings. The fraction of sp³-hybridized carbons (Fsp3) is 0.0870. The maximum atomic E-state index is 12.6. The van der Waals surface area contributed by atoms with Crippen molar-refractivity contribution in [3.63, 3.8) is 0 Å². The van der Waals surface area contributed by atoms with Gasteiger partial charge in [0, 0.05) is 30.0 Å². The quantitative estimate of drug-likeness (QED) is 0.272. The fourth-order valence-corrected chi connectivity index (χ4v) is 5.00. The molecule has 2 heterocycles. The number of benzene rings is 2. The van der Waals surface area contributed by atoms with Crippen molar-refractivity contribution in [1.82, 2.24) is 14.5 Å². The second kappa shape index (κ2) is 8.95. The molecule has 4 rings (SSSR count). The van der Waals surface area contributed by atoms with E-state index in [1.807, 2.05) is 54.6 Å². The highest BCUT2D eigenvalue weighted by molar-refractivity contribution is 8.24. The zero-order valence-corrected chi connectivity index (χ0v) is 18.9. The first kappa shape index (κ1) is 20.5. The summed E-state index contributed by atoms with van der Waals surface area (Å²) in [6.45, 7) is 0. The van der Waals surface area contributed by atoms with Crippen molar-refractivity contribution in [2.45, 2.75) is 0 Å². The van der Waals surface area contributed by atoms with Gasteiger partial charge in [0.05, 0.1) is 15.3 Å². The van der Waals surface area contributed by atoms with Gasteiger partial charge in [0.2, 0.25) is 0 Å². The predicted molar refractivity (Wildman–Crippen MR) is 132 cm³/mol. The van der Waals surface area contributed by atoms with Gasteiger partial charge in [-0.05, 0) is 24.3 Å². The molecule has 0 aliphatic carbocycles. The number of hydrogen-bond acceptors (Lipinski definition) is 5. The van der Waals surface area contributed by atoms with E-state index in [2.05, 4.69) is 22.8 Å². The van der Waals surface area contributed by atoms with Gasteiger partial charge in [0.1, 0.15) is 5.01 Å². The molecule has 1 amide bonds. The lowest BCUT2D eigenvalue weighted by Gasteiger charge is -2.13. The van der Waals surface area contributed by atoms with E-state index < -0.39 is 0 Å². The van der Waals surface area contributed by atoms with Crippen LogP contribution in [0.4, 0.5) is 0 Å². The summed E-state index contributed by atoms with van der Waals surface area (Å²) in [6.07, 6.45) is 1.89.